The van der Waals surface area contributed by atoms with Gasteiger partial charge in [-0.2, -0.15) is 12.6 Å². The lowest BCUT2D eigenvalue weighted by atomic mass is 10.4. The van der Waals surface area contributed by atoms with Crippen molar-refractivity contribution >= 4 is 24.3 Å². The fourth-order valence-electron chi connectivity index (χ4n) is 0.988. The highest BCUT2D eigenvalue weighted by atomic mass is 32.1. The van der Waals surface area contributed by atoms with Crippen LogP contribution in [0.1, 0.15) is 13.3 Å². The molecule has 0 aromatic carbocycles. The Balaban J connectivity index is 2.50. The highest BCUT2D eigenvalue weighted by Crippen LogP contribution is 2.07. The molecular formula is C9H16N4S. The summed E-state index contributed by atoms with van der Waals surface area (Å²) in [5, 5.41) is 6.34. The fraction of sp³-hybridized carbons (Fsp3) is 0.556. The Labute approximate surface area is 90.0 Å². The van der Waals surface area contributed by atoms with E-state index in [0.29, 0.717) is 0 Å². The first kappa shape index (κ1) is 11.1. The summed E-state index contributed by atoms with van der Waals surface area (Å²) in [5.41, 5.74) is 0. The highest BCUT2D eigenvalue weighted by molar-refractivity contribution is 7.80. The minimum Gasteiger partial charge on any atom is -0.370 e. The summed E-state index contributed by atoms with van der Waals surface area (Å²) in [6.07, 6.45) is 2.64. The van der Waals surface area contributed by atoms with E-state index in [2.05, 4.69) is 40.2 Å². The molecule has 0 aliphatic carbocycles. The molecule has 0 aliphatic rings. The second-order valence-electron chi connectivity index (χ2n) is 2.87. The molecule has 5 heteroatoms. The van der Waals surface area contributed by atoms with Gasteiger partial charge in [0.25, 0.3) is 0 Å². The van der Waals surface area contributed by atoms with Crippen molar-refractivity contribution in [1.29, 1.82) is 0 Å². The highest BCUT2D eigenvalue weighted by Gasteiger charge is 1.96. The Hall–Kier alpha value is -0.970. The average molecular weight is 212 g/mol. The maximum absolute atomic E-state index is 4.11. The molecule has 0 amide bonds. The molecule has 0 fully saturated rings. The summed E-state index contributed by atoms with van der Waals surface area (Å²) in [6.45, 7) is 3.87. The number of nitrogens with one attached hydrogen (secondary N) is 2. The molecule has 0 radical (unpaired) electrons. The summed E-state index contributed by atoms with van der Waals surface area (Å²) in [5.74, 6) is 2.50. The maximum Gasteiger partial charge on any atom is 0.131 e. The SMILES string of the molecule is CCCNc1cc(NCCS)ncn1. The van der Waals surface area contributed by atoms with Crippen molar-refractivity contribution in [3.05, 3.63) is 12.4 Å². The monoisotopic (exact) mass is 212 g/mol. The lowest BCUT2D eigenvalue weighted by Gasteiger charge is -2.06. The first-order valence-corrected chi connectivity index (χ1v) is 5.40. The van der Waals surface area contributed by atoms with Crippen molar-refractivity contribution in [1.82, 2.24) is 9.97 Å². The van der Waals surface area contributed by atoms with Gasteiger partial charge in [0.2, 0.25) is 0 Å². The zero-order valence-corrected chi connectivity index (χ0v) is 9.22. The molecule has 14 heavy (non-hydrogen) atoms. The van der Waals surface area contributed by atoms with Gasteiger partial charge in [-0.1, -0.05) is 6.92 Å². The van der Waals surface area contributed by atoms with Crippen molar-refractivity contribution in [2.75, 3.05) is 29.5 Å². The van der Waals surface area contributed by atoms with Gasteiger partial charge in [-0.25, -0.2) is 9.97 Å². The van der Waals surface area contributed by atoms with Crippen LogP contribution in [-0.4, -0.2) is 28.8 Å². The lowest BCUT2D eigenvalue weighted by Crippen LogP contribution is -2.07. The van der Waals surface area contributed by atoms with Crippen molar-refractivity contribution in [2.24, 2.45) is 0 Å². The Kier molecular flexibility index (Phi) is 5.14. The minimum absolute atomic E-state index is 0.793. The molecule has 4 nitrogen and oxygen atoms in total. The quantitative estimate of drug-likeness (QED) is 0.627. The summed E-state index contributed by atoms with van der Waals surface area (Å²) in [4.78, 5) is 8.19. The largest absolute Gasteiger partial charge is 0.370 e. The van der Waals surface area contributed by atoms with E-state index in [1.165, 1.54) is 0 Å². The van der Waals surface area contributed by atoms with Crippen LogP contribution in [0, 0.1) is 0 Å². The Morgan fingerprint density at radius 1 is 1.21 bits per heavy atom. The van der Waals surface area contributed by atoms with Crippen LogP contribution in [0.25, 0.3) is 0 Å². The van der Waals surface area contributed by atoms with Gasteiger partial charge < -0.3 is 10.6 Å². The number of thiol groups is 1. The number of rotatable bonds is 6. The predicted molar refractivity (Wildman–Crippen MR) is 63.2 cm³/mol. The standard InChI is InChI=1S/C9H16N4S/c1-2-3-10-8-6-9(11-4-5-14)13-7-12-8/h6-7,14H,2-5H2,1H3,(H2,10,11,12,13). The molecule has 2 N–H and O–H groups in total. The van der Waals surface area contributed by atoms with Crippen LogP contribution < -0.4 is 10.6 Å². The lowest BCUT2D eigenvalue weighted by molar-refractivity contribution is 0.964. The van der Waals surface area contributed by atoms with Gasteiger partial charge in [0.15, 0.2) is 0 Å². The van der Waals surface area contributed by atoms with Gasteiger partial charge in [-0.3, -0.25) is 0 Å². The van der Waals surface area contributed by atoms with Crippen molar-refractivity contribution in [3.63, 3.8) is 0 Å². The van der Waals surface area contributed by atoms with Crippen LogP contribution >= 0.6 is 12.6 Å². The summed E-state index contributed by atoms with van der Waals surface area (Å²) in [7, 11) is 0. The second-order valence-corrected chi connectivity index (χ2v) is 3.31. The van der Waals surface area contributed by atoms with Crippen LogP contribution in [0.15, 0.2) is 12.4 Å². The van der Waals surface area contributed by atoms with E-state index >= 15 is 0 Å². The number of nitrogens with zero attached hydrogens (tertiary/aromatic N) is 2. The Morgan fingerprint density at radius 2 is 1.86 bits per heavy atom. The van der Waals surface area contributed by atoms with Crippen LogP contribution in [-0.2, 0) is 0 Å². The molecule has 0 atom stereocenters. The first-order chi connectivity index (χ1) is 6.86. The van der Waals surface area contributed by atoms with E-state index in [9.17, 15) is 0 Å². The van der Waals surface area contributed by atoms with Gasteiger partial charge in [-0.05, 0) is 6.42 Å². The molecule has 78 valence electrons. The smallest absolute Gasteiger partial charge is 0.131 e. The van der Waals surface area contributed by atoms with E-state index in [1.807, 2.05) is 6.07 Å². The van der Waals surface area contributed by atoms with Crippen LogP contribution in [0.4, 0.5) is 11.6 Å². The van der Waals surface area contributed by atoms with E-state index in [-0.39, 0.29) is 0 Å². The maximum atomic E-state index is 4.11. The van der Waals surface area contributed by atoms with E-state index in [0.717, 1.165) is 36.9 Å². The third kappa shape index (κ3) is 3.83. The number of anilines is 2. The molecule has 0 saturated heterocycles. The zero-order valence-electron chi connectivity index (χ0n) is 8.32. The Morgan fingerprint density at radius 3 is 2.43 bits per heavy atom. The van der Waals surface area contributed by atoms with Crippen molar-refractivity contribution in [2.45, 2.75) is 13.3 Å². The minimum atomic E-state index is 0.793. The zero-order chi connectivity index (χ0) is 10.2. The molecule has 0 aliphatic heterocycles. The third-order valence-electron chi connectivity index (χ3n) is 1.64. The normalized spacial score (nSPS) is 9.86. The second kappa shape index (κ2) is 6.48. The third-order valence-corrected chi connectivity index (χ3v) is 1.86. The molecule has 0 saturated carbocycles. The van der Waals surface area contributed by atoms with Crippen LogP contribution in [0.3, 0.4) is 0 Å². The van der Waals surface area contributed by atoms with E-state index in [4.69, 9.17) is 0 Å². The van der Waals surface area contributed by atoms with E-state index < -0.39 is 0 Å². The van der Waals surface area contributed by atoms with Crippen molar-refractivity contribution < 1.29 is 0 Å². The summed E-state index contributed by atoms with van der Waals surface area (Å²) < 4.78 is 0. The topological polar surface area (TPSA) is 49.8 Å². The average Bonchev–Trinajstić information content (AvgIpc) is 2.24. The van der Waals surface area contributed by atoms with Gasteiger partial charge in [-0.15, -0.1) is 0 Å². The molecule has 1 heterocycles. The molecule has 1 aromatic heterocycles. The summed E-state index contributed by atoms with van der Waals surface area (Å²) in [6, 6.07) is 1.90. The predicted octanol–water partition coefficient (Wildman–Crippen LogP) is 1.64. The van der Waals surface area contributed by atoms with Crippen molar-refractivity contribution in [3.8, 4) is 0 Å². The van der Waals surface area contributed by atoms with Gasteiger partial charge >= 0.3 is 0 Å². The number of aromatic nitrogens is 2. The molecule has 0 bridgehead atoms. The van der Waals surface area contributed by atoms with Gasteiger partial charge in [0.1, 0.15) is 18.0 Å². The van der Waals surface area contributed by atoms with Gasteiger partial charge in [0.05, 0.1) is 0 Å². The first-order valence-electron chi connectivity index (χ1n) is 4.77. The van der Waals surface area contributed by atoms with Crippen LogP contribution in [0.2, 0.25) is 0 Å². The molecule has 1 aromatic rings. The molecule has 0 unspecified atom stereocenters. The van der Waals surface area contributed by atoms with Crippen LogP contribution in [0.5, 0.6) is 0 Å². The Bertz CT molecular complexity index is 243. The fourth-order valence-corrected chi connectivity index (χ4v) is 1.10. The number of hydrogen-bond acceptors (Lipinski definition) is 5. The number of hydrogen-bond donors (Lipinski definition) is 3. The summed E-state index contributed by atoms with van der Waals surface area (Å²) >= 11 is 4.11. The molecule has 0 spiro atoms. The molecular weight excluding hydrogens is 196 g/mol. The van der Waals surface area contributed by atoms with Gasteiger partial charge in [0, 0.05) is 24.9 Å². The molecule has 1 rings (SSSR count). The van der Waals surface area contributed by atoms with E-state index in [1.54, 1.807) is 6.33 Å².